The van der Waals surface area contributed by atoms with Crippen molar-refractivity contribution in [3.8, 4) is 0 Å². The van der Waals surface area contributed by atoms with Gasteiger partial charge in [0.2, 0.25) is 0 Å². The van der Waals surface area contributed by atoms with Gasteiger partial charge in [0.25, 0.3) is 5.91 Å². The first-order chi connectivity index (χ1) is 11.8. The first-order valence-corrected chi connectivity index (χ1v) is 8.21. The Kier molecular flexibility index (Phi) is 3.91. The minimum Gasteiger partial charge on any atom is -0.339 e. The smallest absolute Gasteiger partial charge is 0.253 e. The number of hydrogen-bond acceptors (Lipinski definition) is 4. The number of fused-ring (bicyclic) bond motifs is 1. The van der Waals surface area contributed by atoms with Crippen LogP contribution in [0.2, 0.25) is 0 Å². The number of carbonyl (C=O) groups is 1. The molecule has 0 saturated carbocycles. The van der Waals surface area contributed by atoms with Crippen molar-refractivity contribution < 1.29 is 4.79 Å². The van der Waals surface area contributed by atoms with E-state index in [4.69, 9.17) is 0 Å². The zero-order chi connectivity index (χ0) is 16.4. The number of pyridine rings is 1. The Labute approximate surface area is 140 Å². The molecule has 120 valence electrons. The monoisotopic (exact) mass is 318 g/mol. The summed E-state index contributed by atoms with van der Waals surface area (Å²) in [5.74, 6) is 0.488. The van der Waals surface area contributed by atoms with Crippen LogP contribution in [0.5, 0.6) is 0 Å². The third-order valence-corrected chi connectivity index (χ3v) is 4.63. The third-order valence-electron chi connectivity index (χ3n) is 4.63. The molecule has 1 fully saturated rings. The fraction of sp³-hybridized carbons (Fsp3) is 0.263. The largest absolute Gasteiger partial charge is 0.339 e. The second-order valence-electron chi connectivity index (χ2n) is 6.11. The Balaban J connectivity index is 1.47. The van der Waals surface area contributed by atoms with Gasteiger partial charge in [-0.2, -0.15) is 0 Å². The summed E-state index contributed by atoms with van der Waals surface area (Å²) in [6.45, 7) is 1.51. The molecule has 3 aromatic rings. The summed E-state index contributed by atoms with van der Waals surface area (Å²) in [5, 5.41) is 0.998. The number of carbonyl (C=O) groups excluding carboxylic acids is 1. The van der Waals surface area contributed by atoms with Crippen LogP contribution in [-0.2, 0) is 0 Å². The topological polar surface area (TPSA) is 59.0 Å². The summed E-state index contributed by atoms with van der Waals surface area (Å²) in [5.41, 5.74) is 2.67. The van der Waals surface area contributed by atoms with Gasteiger partial charge in [-0.25, -0.2) is 0 Å². The summed E-state index contributed by atoms with van der Waals surface area (Å²) in [6, 6.07) is 9.59. The molecule has 3 heterocycles. The van der Waals surface area contributed by atoms with Gasteiger partial charge in [0.1, 0.15) is 0 Å². The maximum absolute atomic E-state index is 12.8. The van der Waals surface area contributed by atoms with Crippen molar-refractivity contribution in [2.45, 2.75) is 18.8 Å². The SMILES string of the molecule is O=C(c1ccc2ncccc2c1)N1CCC(c2cnccn2)CC1. The Hall–Kier alpha value is -2.82. The molecule has 5 heteroatoms. The number of benzene rings is 1. The normalized spacial score (nSPS) is 15.6. The number of piperidine rings is 1. The quantitative estimate of drug-likeness (QED) is 0.728. The molecule has 4 rings (SSSR count). The average Bonchev–Trinajstić information content (AvgIpc) is 2.68. The van der Waals surface area contributed by atoms with Crippen LogP contribution in [0.3, 0.4) is 0 Å². The Morgan fingerprint density at radius 3 is 2.71 bits per heavy atom. The minimum atomic E-state index is 0.0957. The van der Waals surface area contributed by atoms with Crippen molar-refractivity contribution in [3.05, 3.63) is 66.4 Å². The molecule has 0 bridgehead atoms. The Morgan fingerprint density at radius 2 is 1.92 bits per heavy atom. The standard InChI is InChI=1S/C19H18N4O/c24-19(16-3-4-17-15(12-16)2-1-7-21-17)23-10-5-14(6-11-23)18-13-20-8-9-22-18/h1-4,7-9,12-14H,5-6,10-11H2. The Morgan fingerprint density at radius 1 is 1.04 bits per heavy atom. The van der Waals surface area contributed by atoms with Gasteiger partial charge in [-0.3, -0.25) is 19.7 Å². The van der Waals surface area contributed by atoms with Crippen molar-refractivity contribution in [1.29, 1.82) is 0 Å². The molecule has 0 N–H and O–H groups in total. The second-order valence-corrected chi connectivity index (χ2v) is 6.11. The number of likely N-dealkylation sites (tertiary alicyclic amines) is 1. The van der Waals surface area contributed by atoms with E-state index >= 15 is 0 Å². The van der Waals surface area contributed by atoms with Crippen LogP contribution in [0.1, 0.15) is 34.8 Å². The number of nitrogens with zero attached hydrogens (tertiary/aromatic N) is 4. The highest BCUT2D eigenvalue weighted by atomic mass is 16.2. The number of aromatic nitrogens is 3. The summed E-state index contributed by atoms with van der Waals surface area (Å²) in [4.78, 5) is 27.5. The fourth-order valence-corrected chi connectivity index (χ4v) is 3.29. The third kappa shape index (κ3) is 2.85. The lowest BCUT2D eigenvalue weighted by Gasteiger charge is -2.31. The van der Waals surface area contributed by atoms with Crippen LogP contribution in [0.4, 0.5) is 0 Å². The van der Waals surface area contributed by atoms with E-state index in [0.29, 0.717) is 5.92 Å². The van der Waals surface area contributed by atoms with Crippen LogP contribution in [0, 0.1) is 0 Å². The van der Waals surface area contributed by atoms with E-state index in [9.17, 15) is 4.79 Å². The molecule has 24 heavy (non-hydrogen) atoms. The highest BCUT2D eigenvalue weighted by Crippen LogP contribution is 2.27. The molecule has 2 aromatic heterocycles. The molecule has 1 amide bonds. The summed E-state index contributed by atoms with van der Waals surface area (Å²) < 4.78 is 0. The van der Waals surface area contributed by atoms with E-state index < -0.39 is 0 Å². The Bertz CT molecular complexity index is 857. The average molecular weight is 318 g/mol. The maximum atomic E-state index is 12.8. The van der Waals surface area contributed by atoms with E-state index in [-0.39, 0.29) is 5.91 Å². The predicted molar refractivity (Wildman–Crippen MR) is 91.7 cm³/mol. The molecule has 1 saturated heterocycles. The summed E-state index contributed by atoms with van der Waals surface area (Å²) in [6.07, 6.45) is 8.88. The molecule has 0 spiro atoms. The molecular weight excluding hydrogens is 300 g/mol. The highest BCUT2D eigenvalue weighted by Gasteiger charge is 2.25. The maximum Gasteiger partial charge on any atom is 0.253 e. The summed E-state index contributed by atoms with van der Waals surface area (Å²) in [7, 11) is 0. The van der Waals surface area contributed by atoms with Crippen molar-refractivity contribution in [2.24, 2.45) is 0 Å². The van der Waals surface area contributed by atoms with E-state index in [2.05, 4.69) is 15.0 Å². The lowest BCUT2D eigenvalue weighted by atomic mass is 9.93. The molecule has 1 aliphatic rings. The van der Waals surface area contributed by atoms with Gasteiger partial charge in [0.05, 0.1) is 11.2 Å². The van der Waals surface area contributed by atoms with Gasteiger partial charge >= 0.3 is 0 Å². The number of rotatable bonds is 2. The first-order valence-electron chi connectivity index (χ1n) is 8.21. The van der Waals surface area contributed by atoms with E-state index in [1.807, 2.05) is 41.4 Å². The highest BCUT2D eigenvalue weighted by molar-refractivity contribution is 5.98. The molecular formula is C19H18N4O. The lowest BCUT2D eigenvalue weighted by molar-refractivity contribution is 0.0712. The van der Waals surface area contributed by atoms with Crippen LogP contribution in [0.25, 0.3) is 10.9 Å². The molecule has 0 atom stereocenters. The second kappa shape index (κ2) is 6.35. The first kappa shape index (κ1) is 14.8. The molecule has 1 aliphatic heterocycles. The van der Waals surface area contributed by atoms with Gasteiger partial charge in [-0.1, -0.05) is 6.07 Å². The minimum absolute atomic E-state index is 0.0957. The van der Waals surface area contributed by atoms with Crippen molar-refractivity contribution in [3.63, 3.8) is 0 Å². The van der Waals surface area contributed by atoms with E-state index in [0.717, 1.165) is 48.1 Å². The summed E-state index contributed by atoms with van der Waals surface area (Å²) >= 11 is 0. The predicted octanol–water partition coefficient (Wildman–Crippen LogP) is 3.04. The molecule has 0 aliphatic carbocycles. The van der Waals surface area contributed by atoms with Crippen LogP contribution >= 0.6 is 0 Å². The van der Waals surface area contributed by atoms with E-state index in [1.165, 1.54) is 0 Å². The van der Waals surface area contributed by atoms with E-state index in [1.54, 1.807) is 18.6 Å². The number of hydrogen-bond donors (Lipinski definition) is 0. The van der Waals surface area contributed by atoms with Gasteiger partial charge in [-0.15, -0.1) is 0 Å². The van der Waals surface area contributed by atoms with Crippen molar-refractivity contribution in [1.82, 2.24) is 19.9 Å². The van der Waals surface area contributed by atoms with Crippen LogP contribution in [0.15, 0.2) is 55.1 Å². The molecule has 0 unspecified atom stereocenters. The van der Waals surface area contributed by atoms with Crippen molar-refractivity contribution >= 4 is 16.8 Å². The van der Waals surface area contributed by atoms with Gasteiger partial charge < -0.3 is 4.90 Å². The molecule has 1 aromatic carbocycles. The zero-order valence-electron chi connectivity index (χ0n) is 13.3. The van der Waals surface area contributed by atoms with Gasteiger partial charge in [0, 0.05) is 54.7 Å². The van der Waals surface area contributed by atoms with Gasteiger partial charge in [0.15, 0.2) is 0 Å². The fourth-order valence-electron chi connectivity index (χ4n) is 3.29. The van der Waals surface area contributed by atoms with Crippen molar-refractivity contribution in [2.75, 3.05) is 13.1 Å². The molecule has 0 radical (unpaired) electrons. The van der Waals surface area contributed by atoms with Crippen LogP contribution < -0.4 is 0 Å². The van der Waals surface area contributed by atoms with Crippen LogP contribution in [-0.4, -0.2) is 38.8 Å². The molecule has 5 nitrogen and oxygen atoms in total. The lowest BCUT2D eigenvalue weighted by Crippen LogP contribution is -2.38. The number of amides is 1. The zero-order valence-corrected chi connectivity index (χ0v) is 13.3. The van der Waals surface area contributed by atoms with Gasteiger partial charge in [-0.05, 0) is 37.1 Å².